The molecule has 1 amide bonds. The van der Waals surface area contributed by atoms with Crippen LogP contribution in [0.15, 0.2) is 79.0 Å². The number of piperidine rings is 1. The minimum Gasteiger partial charge on any atom is -0.326 e. The summed E-state index contributed by atoms with van der Waals surface area (Å²) in [6.07, 6.45) is 4.47. The van der Waals surface area contributed by atoms with Gasteiger partial charge in [0.15, 0.2) is 0 Å². The van der Waals surface area contributed by atoms with Gasteiger partial charge in [-0.25, -0.2) is 0 Å². The average molecular weight is 486 g/mol. The number of hydrogen-bond donors (Lipinski definition) is 1. The zero-order valence-electron chi connectivity index (χ0n) is 20.4. The van der Waals surface area contributed by atoms with Crippen molar-refractivity contribution in [1.82, 2.24) is 9.47 Å². The molecule has 0 unspecified atom stereocenters. The molecule has 5 heteroatoms. The lowest BCUT2D eigenvalue weighted by Crippen LogP contribution is -2.32. The lowest BCUT2D eigenvalue weighted by atomic mass is 9.89. The number of amides is 1. The summed E-state index contributed by atoms with van der Waals surface area (Å²) in [5.41, 5.74) is 5.72. The van der Waals surface area contributed by atoms with Crippen LogP contribution in [0.2, 0.25) is 5.02 Å². The van der Waals surface area contributed by atoms with E-state index in [2.05, 4.69) is 69.5 Å². The summed E-state index contributed by atoms with van der Waals surface area (Å²) in [4.78, 5) is 14.6. The highest BCUT2D eigenvalue weighted by molar-refractivity contribution is 6.35. The fraction of sp³-hybridized carbons (Fsp3) is 0.300. The molecule has 0 saturated carbocycles. The van der Waals surface area contributed by atoms with Crippen LogP contribution < -0.4 is 5.32 Å². The minimum absolute atomic E-state index is 0.0235. The van der Waals surface area contributed by atoms with E-state index in [1.165, 1.54) is 16.5 Å². The van der Waals surface area contributed by atoms with Crippen molar-refractivity contribution in [3.8, 4) is 5.69 Å². The molecule has 4 aromatic rings. The van der Waals surface area contributed by atoms with Gasteiger partial charge in [-0.05, 0) is 73.3 Å². The molecule has 4 nitrogen and oxygen atoms in total. The monoisotopic (exact) mass is 485 g/mol. The van der Waals surface area contributed by atoms with Gasteiger partial charge in [0.25, 0.3) is 0 Å². The maximum absolute atomic E-state index is 12.1. The van der Waals surface area contributed by atoms with Crippen LogP contribution in [0.3, 0.4) is 0 Å². The molecule has 3 aromatic carbocycles. The molecular weight excluding hydrogens is 454 g/mol. The highest BCUT2D eigenvalue weighted by Crippen LogP contribution is 2.34. The molecule has 1 aromatic heterocycles. The lowest BCUT2D eigenvalue weighted by Gasteiger charge is -2.32. The largest absolute Gasteiger partial charge is 0.326 e. The number of hydrogen-bond acceptors (Lipinski definition) is 2. The quantitative estimate of drug-likeness (QED) is 0.312. The normalized spacial score (nSPS) is 15.1. The Hall–Kier alpha value is -3.08. The van der Waals surface area contributed by atoms with Crippen molar-refractivity contribution in [2.45, 2.75) is 39.2 Å². The van der Waals surface area contributed by atoms with Crippen LogP contribution in [0, 0.1) is 5.92 Å². The number of fused-ring (bicyclic) bond motifs is 1. The van der Waals surface area contributed by atoms with Gasteiger partial charge in [0.1, 0.15) is 0 Å². The molecule has 1 aliphatic heterocycles. The van der Waals surface area contributed by atoms with Gasteiger partial charge >= 0.3 is 0 Å². The van der Waals surface area contributed by atoms with E-state index in [0.717, 1.165) is 54.4 Å². The second kappa shape index (κ2) is 10.3. The zero-order chi connectivity index (χ0) is 24.4. The van der Waals surface area contributed by atoms with E-state index in [4.69, 9.17) is 11.6 Å². The van der Waals surface area contributed by atoms with Crippen LogP contribution in [-0.2, 0) is 11.3 Å². The second-order valence-electron chi connectivity index (χ2n) is 9.82. The summed E-state index contributed by atoms with van der Waals surface area (Å²) < 4.78 is 2.22. The summed E-state index contributed by atoms with van der Waals surface area (Å²) in [7, 11) is 0. The molecule has 1 aliphatic rings. The third-order valence-electron chi connectivity index (χ3n) is 7.02. The first-order valence-electron chi connectivity index (χ1n) is 12.5. The summed E-state index contributed by atoms with van der Waals surface area (Å²) >= 11 is 6.66. The van der Waals surface area contributed by atoms with Crippen LogP contribution in [0.5, 0.6) is 0 Å². The Balaban J connectivity index is 1.30. The van der Waals surface area contributed by atoms with Crippen molar-refractivity contribution in [2.75, 3.05) is 18.4 Å². The zero-order valence-corrected chi connectivity index (χ0v) is 21.1. The van der Waals surface area contributed by atoms with Gasteiger partial charge in [0, 0.05) is 35.4 Å². The van der Waals surface area contributed by atoms with Crippen molar-refractivity contribution in [1.29, 1.82) is 0 Å². The number of aromatic nitrogens is 1. The molecule has 0 atom stereocenters. The Morgan fingerprint density at radius 1 is 1.00 bits per heavy atom. The fourth-order valence-corrected chi connectivity index (χ4v) is 5.32. The Labute approximate surface area is 212 Å². The van der Waals surface area contributed by atoms with E-state index in [1.54, 1.807) is 0 Å². The molecule has 2 heterocycles. The first kappa shape index (κ1) is 23.7. The Kier molecular flexibility index (Phi) is 6.94. The average Bonchev–Trinajstić information content (AvgIpc) is 3.25. The van der Waals surface area contributed by atoms with E-state index in [0.29, 0.717) is 5.92 Å². The number of carbonyl (C=O) groups is 1. The maximum atomic E-state index is 12.1. The molecule has 35 heavy (non-hydrogen) atoms. The van der Waals surface area contributed by atoms with E-state index in [9.17, 15) is 4.79 Å². The number of nitrogens with zero attached hydrogens (tertiary/aromatic N) is 2. The topological polar surface area (TPSA) is 37.3 Å². The van der Waals surface area contributed by atoms with Gasteiger partial charge in [-0.2, -0.15) is 0 Å². The van der Waals surface area contributed by atoms with Crippen LogP contribution in [0.25, 0.3) is 16.6 Å². The lowest BCUT2D eigenvalue weighted by molar-refractivity contribution is -0.118. The molecule has 1 fully saturated rings. The fourth-order valence-electron chi connectivity index (χ4n) is 5.05. The van der Waals surface area contributed by atoms with Crippen molar-refractivity contribution in [2.24, 2.45) is 5.92 Å². The summed E-state index contributed by atoms with van der Waals surface area (Å²) in [5, 5.41) is 5.04. The van der Waals surface area contributed by atoms with Crippen LogP contribution in [0.1, 0.15) is 43.7 Å². The molecule has 1 N–H and O–H groups in total. The van der Waals surface area contributed by atoms with Crippen molar-refractivity contribution < 1.29 is 4.79 Å². The molecule has 5 rings (SSSR count). The van der Waals surface area contributed by atoms with Gasteiger partial charge in [-0.15, -0.1) is 0 Å². The molecule has 1 saturated heterocycles. The SMILES string of the molecule is CC(C)C(=O)Nc1cccc(C2CCN(Cc3cn(-c4ccccc4)c4c(Cl)cccc34)CC2)c1. The van der Waals surface area contributed by atoms with Gasteiger partial charge in [0.2, 0.25) is 5.91 Å². The van der Waals surface area contributed by atoms with Gasteiger partial charge in [-0.1, -0.05) is 67.9 Å². The standard InChI is InChI=1S/C30H32ClN3O/c1-21(2)30(35)32-25-9-6-8-23(18-25)22-14-16-33(17-15-22)19-24-20-34(26-10-4-3-5-11-26)29-27(24)12-7-13-28(29)31/h3-13,18,20-22H,14-17,19H2,1-2H3,(H,32,35). The highest BCUT2D eigenvalue weighted by Gasteiger charge is 2.23. The van der Waals surface area contributed by atoms with Crippen molar-refractivity contribution in [3.63, 3.8) is 0 Å². The Morgan fingerprint density at radius 3 is 2.49 bits per heavy atom. The molecule has 0 radical (unpaired) electrons. The maximum Gasteiger partial charge on any atom is 0.226 e. The molecule has 0 spiro atoms. The number of anilines is 1. The number of carbonyl (C=O) groups excluding carboxylic acids is 1. The summed E-state index contributed by atoms with van der Waals surface area (Å²) in [6.45, 7) is 6.84. The highest BCUT2D eigenvalue weighted by atomic mass is 35.5. The Morgan fingerprint density at radius 2 is 1.74 bits per heavy atom. The van der Waals surface area contributed by atoms with Crippen LogP contribution in [0.4, 0.5) is 5.69 Å². The van der Waals surface area contributed by atoms with E-state index < -0.39 is 0 Å². The predicted molar refractivity (Wildman–Crippen MR) is 145 cm³/mol. The smallest absolute Gasteiger partial charge is 0.226 e. The van der Waals surface area contributed by atoms with E-state index in [1.807, 2.05) is 38.1 Å². The number of benzene rings is 3. The second-order valence-corrected chi connectivity index (χ2v) is 10.2. The van der Waals surface area contributed by atoms with E-state index in [-0.39, 0.29) is 11.8 Å². The third kappa shape index (κ3) is 5.14. The van der Waals surface area contributed by atoms with E-state index >= 15 is 0 Å². The number of likely N-dealkylation sites (tertiary alicyclic amines) is 1. The number of halogens is 1. The molecular formula is C30H32ClN3O. The van der Waals surface area contributed by atoms with Crippen molar-refractivity contribution >= 4 is 34.1 Å². The summed E-state index contributed by atoms with van der Waals surface area (Å²) in [5.74, 6) is 0.554. The van der Waals surface area contributed by atoms with Gasteiger partial charge < -0.3 is 9.88 Å². The van der Waals surface area contributed by atoms with Crippen molar-refractivity contribution in [3.05, 3.63) is 95.1 Å². The first-order valence-corrected chi connectivity index (χ1v) is 12.8. The third-order valence-corrected chi connectivity index (χ3v) is 7.33. The number of nitrogens with one attached hydrogen (secondary N) is 1. The van der Waals surface area contributed by atoms with Gasteiger partial charge in [-0.3, -0.25) is 9.69 Å². The minimum atomic E-state index is -0.0235. The number of para-hydroxylation sites is 2. The van der Waals surface area contributed by atoms with Crippen LogP contribution >= 0.6 is 11.6 Å². The van der Waals surface area contributed by atoms with Crippen LogP contribution in [-0.4, -0.2) is 28.5 Å². The molecule has 0 bridgehead atoms. The Bertz CT molecular complexity index is 1320. The predicted octanol–water partition coefficient (Wildman–Crippen LogP) is 7.26. The number of rotatable bonds is 6. The molecule has 0 aliphatic carbocycles. The van der Waals surface area contributed by atoms with Gasteiger partial charge in [0.05, 0.1) is 10.5 Å². The summed E-state index contributed by atoms with van der Waals surface area (Å²) in [6, 6.07) is 25.0. The first-order chi connectivity index (χ1) is 17.0. The molecule has 180 valence electrons.